The number of nitrogens with one attached hydrogen (secondary N) is 1. The molecule has 0 heterocycles. The zero-order valence-corrected chi connectivity index (χ0v) is 10.8. The van der Waals surface area contributed by atoms with Crippen LogP contribution in [0.1, 0.15) is 30.6 Å². The first kappa shape index (κ1) is 14.9. The lowest BCUT2D eigenvalue weighted by molar-refractivity contribution is -0.137. The number of carbonyl (C=O) groups is 2. The number of hydrogen-bond acceptors (Lipinski definition) is 3. The molecule has 19 heavy (non-hydrogen) atoms. The van der Waals surface area contributed by atoms with E-state index in [1.54, 1.807) is 13.8 Å². The number of anilines is 1. The predicted octanol–water partition coefficient (Wildman–Crippen LogP) is 1.64. The van der Waals surface area contributed by atoms with Crippen LogP contribution in [0.2, 0.25) is 0 Å². The third-order valence-electron chi connectivity index (χ3n) is 2.81. The number of para-hydroxylation sites is 1. The molecule has 0 radical (unpaired) electrons. The topological polar surface area (TPSA) is 92.4 Å². The van der Waals surface area contributed by atoms with Gasteiger partial charge in [-0.15, -0.1) is 0 Å². The third-order valence-corrected chi connectivity index (χ3v) is 2.81. The zero-order valence-electron chi connectivity index (χ0n) is 10.8. The number of nitrogens with two attached hydrogens (primary N) is 1. The number of benzene rings is 1. The number of carboxylic acid groups (broad SMARTS) is 1. The number of nitrogen functional groups attached to an aromatic ring is 1. The van der Waals surface area contributed by atoms with Gasteiger partial charge in [-0.2, -0.15) is 0 Å². The summed E-state index contributed by atoms with van der Waals surface area (Å²) in [5.41, 5.74) is 5.26. The Bertz CT molecular complexity index is 489. The van der Waals surface area contributed by atoms with Gasteiger partial charge >= 0.3 is 5.97 Å². The summed E-state index contributed by atoms with van der Waals surface area (Å²) in [5.74, 6) is -2.31. The van der Waals surface area contributed by atoms with E-state index in [0.717, 1.165) is 6.07 Å². The lowest BCUT2D eigenvalue weighted by Gasteiger charge is -2.21. The van der Waals surface area contributed by atoms with Crippen LogP contribution in [0.5, 0.6) is 0 Å². The van der Waals surface area contributed by atoms with Gasteiger partial charge in [0.1, 0.15) is 5.82 Å². The molecule has 0 bridgehead atoms. The minimum absolute atomic E-state index is 0.0102. The van der Waals surface area contributed by atoms with Crippen molar-refractivity contribution in [3.8, 4) is 0 Å². The van der Waals surface area contributed by atoms with Crippen LogP contribution in [0.15, 0.2) is 18.2 Å². The molecule has 6 heteroatoms. The Balaban J connectivity index is 2.88. The smallest absolute Gasteiger partial charge is 0.305 e. The van der Waals surface area contributed by atoms with Gasteiger partial charge in [0.15, 0.2) is 0 Å². The van der Waals surface area contributed by atoms with Crippen LogP contribution >= 0.6 is 0 Å². The lowest BCUT2D eigenvalue weighted by atomic mass is 10.0. The van der Waals surface area contributed by atoms with Gasteiger partial charge in [0.05, 0.1) is 17.7 Å². The van der Waals surface area contributed by atoms with Crippen LogP contribution in [0, 0.1) is 11.7 Å². The largest absolute Gasteiger partial charge is 0.481 e. The Morgan fingerprint density at radius 2 is 2.05 bits per heavy atom. The number of hydrogen-bond donors (Lipinski definition) is 3. The molecule has 0 saturated heterocycles. The first-order chi connectivity index (χ1) is 8.82. The molecule has 0 saturated carbocycles. The van der Waals surface area contributed by atoms with Crippen LogP contribution in [-0.2, 0) is 4.79 Å². The first-order valence-electron chi connectivity index (χ1n) is 5.89. The van der Waals surface area contributed by atoms with Gasteiger partial charge in [-0.25, -0.2) is 4.39 Å². The molecule has 0 aromatic heterocycles. The van der Waals surface area contributed by atoms with Crippen molar-refractivity contribution in [3.05, 3.63) is 29.6 Å². The van der Waals surface area contributed by atoms with E-state index in [1.165, 1.54) is 12.1 Å². The summed E-state index contributed by atoms with van der Waals surface area (Å²) in [6.07, 6.45) is -0.196. The van der Waals surface area contributed by atoms with Crippen molar-refractivity contribution in [1.82, 2.24) is 5.32 Å². The zero-order chi connectivity index (χ0) is 14.6. The van der Waals surface area contributed by atoms with Crippen molar-refractivity contribution in [2.75, 3.05) is 5.73 Å². The van der Waals surface area contributed by atoms with Crippen molar-refractivity contribution in [3.63, 3.8) is 0 Å². The highest BCUT2D eigenvalue weighted by molar-refractivity contribution is 5.99. The molecule has 0 aliphatic carbocycles. The number of carboxylic acids is 1. The second-order valence-electron chi connectivity index (χ2n) is 4.62. The van der Waals surface area contributed by atoms with Gasteiger partial charge in [0.25, 0.3) is 5.91 Å². The van der Waals surface area contributed by atoms with Crippen molar-refractivity contribution >= 4 is 17.6 Å². The van der Waals surface area contributed by atoms with E-state index in [0.29, 0.717) is 0 Å². The van der Waals surface area contributed by atoms with Crippen LogP contribution < -0.4 is 11.1 Å². The van der Waals surface area contributed by atoms with Gasteiger partial charge in [0.2, 0.25) is 0 Å². The van der Waals surface area contributed by atoms with Crippen LogP contribution in [-0.4, -0.2) is 23.0 Å². The predicted molar refractivity (Wildman–Crippen MR) is 69.2 cm³/mol. The average Bonchev–Trinajstić information content (AvgIpc) is 2.31. The molecule has 1 unspecified atom stereocenters. The summed E-state index contributed by atoms with van der Waals surface area (Å²) in [6.45, 7) is 3.59. The Morgan fingerprint density at radius 3 is 2.58 bits per heavy atom. The van der Waals surface area contributed by atoms with E-state index in [1.807, 2.05) is 0 Å². The van der Waals surface area contributed by atoms with Gasteiger partial charge in [-0.05, 0) is 18.1 Å². The molecule has 0 spiro atoms. The fourth-order valence-corrected chi connectivity index (χ4v) is 1.62. The first-order valence-corrected chi connectivity index (χ1v) is 5.89. The van der Waals surface area contributed by atoms with Gasteiger partial charge in [-0.1, -0.05) is 19.9 Å². The van der Waals surface area contributed by atoms with Crippen molar-refractivity contribution in [2.24, 2.45) is 5.92 Å². The molecule has 1 aromatic carbocycles. The highest BCUT2D eigenvalue weighted by Crippen LogP contribution is 2.16. The highest BCUT2D eigenvalue weighted by Gasteiger charge is 2.21. The van der Waals surface area contributed by atoms with E-state index >= 15 is 0 Å². The number of carbonyl (C=O) groups excluding carboxylic acids is 1. The van der Waals surface area contributed by atoms with Crippen LogP contribution in [0.3, 0.4) is 0 Å². The molecule has 1 amide bonds. The molecular formula is C13H17FN2O3. The van der Waals surface area contributed by atoms with Crippen LogP contribution in [0.4, 0.5) is 10.1 Å². The summed E-state index contributed by atoms with van der Waals surface area (Å²) in [6, 6.07) is 3.39. The summed E-state index contributed by atoms with van der Waals surface area (Å²) in [7, 11) is 0. The Labute approximate surface area is 110 Å². The Hall–Kier alpha value is -2.11. The molecule has 1 aromatic rings. The fraction of sp³-hybridized carbons (Fsp3) is 0.385. The second-order valence-corrected chi connectivity index (χ2v) is 4.62. The third kappa shape index (κ3) is 3.94. The monoisotopic (exact) mass is 268 g/mol. The minimum Gasteiger partial charge on any atom is -0.481 e. The van der Waals surface area contributed by atoms with Crippen molar-refractivity contribution in [2.45, 2.75) is 26.3 Å². The SMILES string of the molecule is CC(C)C(CC(=O)O)NC(=O)c1cccc(F)c1N. The lowest BCUT2D eigenvalue weighted by Crippen LogP contribution is -2.40. The van der Waals surface area contributed by atoms with Gasteiger partial charge < -0.3 is 16.2 Å². The maximum Gasteiger partial charge on any atom is 0.305 e. The van der Waals surface area contributed by atoms with E-state index in [9.17, 15) is 14.0 Å². The average molecular weight is 268 g/mol. The Morgan fingerprint density at radius 1 is 1.42 bits per heavy atom. The molecule has 4 N–H and O–H groups in total. The highest BCUT2D eigenvalue weighted by atomic mass is 19.1. The standard InChI is InChI=1S/C13H17FN2O3/c1-7(2)10(6-11(17)18)16-13(19)8-4-3-5-9(14)12(8)15/h3-5,7,10H,6,15H2,1-2H3,(H,16,19)(H,17,18). The molecule has 104 valence electrons. The fourth-order valence-electron chi connectivity index (χ4n) is 1.62. The molecule has 1 rings (SSSR count). The number of aliphatic carboxylic acids is 1. The second kappa shape index (κ2) is 6.17. The Kier molecular flexibility index (Phi) is 4.86. The molecule has 0 aliphatic rings. The van der Waals surface area contributed by atoms with E-state index in [2.05, 4.69) is 5.32 Å². The number of rotatable bonds is 5. The van der Waals surface area contributed by atoms with Crippen molar-refractivity contribution < 1.29 is 19.1 Å². The van der Waals surface area contributed by atoms with E-state index in [-0.39, 0.29) is 23.6 Å². The maximum absolute atomic E-state index is 13.2. The number of amides is 1. The quantitative estimate of drug-likeness (QED) is 0.708. The van der Waals surface area contributed by atoms with Gasteiger partial charge in [0, 0.05) is 6.04 Å². The van der Waals surface area contributed by atoms with Crippen LogP contribution in [0.25, 0.3) is 0 Å². The number of halogens is 1. The van der Waals surface area contributed by atoms with Gasteiger partial charge in [-0.3, -0.25) is 9.59 Å². The van der Waals surface area contributed by atoms with Crippen molar-refractivity contribution in [1.29, 1.82) is 0 Å². The summed E-state index contributed by atoms with van der Waals surface area (Å²) >= 11 is 0. The van der Waals surface area contributed by atoms with E-state index in [4.69, 9.17) is 10.8 Å². The summed E-state index contributed by atoms with van der Waals surface area (Å²) in [5, 5.41) is 11.3. The normalized spacial score (nSPS) is 12.2. The minimum atomic E-state index is -1.01. The molecular weight excluding hydrogens is 251 g/mol. The maximum atomic E-state index is 13.2. The molecule has 0 fully saturated rings. The molecule has 1 atom stereocenters. The summed E-state index contributed by atoms with van der Waals surface area (Å²) in [4.78, 5) is 22.7. The van der Waals surface area contributed by atoms with E-state index < -0.39 is 23.7 Å². The summed E-state index contributed by atoms with van der Waals surface area (Å²) < 4.78 is 13.2. The molecule has 0 aliphatic heterocycles. The molecule has 5 nitrogen and oxygen atoms in total.